The zero-order chi connectivity index (χ0) is 17.0. The van der Waals surface area contributed by atoms with Crippen molar-refractivity contribution in [2.45, 2.75) is 26.9 Å². The molecule has 2 rings (SSSR count). The van der Waals surface area contributed by atoms with Crippen LogP contribution < -0.4 is 14.8 Å². The second-order valence-electron chi connectivity index (χ2n) is 5.47. The summed E-state index contributed by atoms with van der Waals surface area (Å²) in [7, 11) is 1.50. The minimum atomic E-state index is -0.476. The van der Waals surface area contributed by atoms with Gasteiger partial charge in [-0.25, -0.2) is 4.39 Å². The van der Waals surface area contributed by atoms with Gasteiger partial charge in [-0.15, -0.1) is 0 Å². The lowest BCUT2D eigenvalue weighted by molar-refractivity contribution is 0.102. The zero-order valence-electron chi connectivity index (χ0n) is 13.6. The smallest absolute Gasteiger partial charge is 0.255 e. The molecule has 0 aliphatic rings. The molecule has 0 bridgehead atoms. The van der Waals surface area contributed by atoms with Crippen LogP contribution in [0.1, 0.15) is 29.8 Å². The molecule has 5 heteroatoms. The highest BCUT2D eigenvalue weighted by molar-refractivity contribution is 6.04. The lowest BCUT2D eigenvalue weighted by Crippen LogP contribution is -2.14. The molecule has 4 nitrogen and oxygen atoms in total. The molecule has 1 amide bonds. The van der Waals surface area contributed by atoms with Crippen LogP contribution in [0, 0.1) is 12.7 Å². The van der Waals surface area contributed by atoms with Crippen molar-refractivity contribution in [1.29, 1.82) is 0 Å². The minimum absolute atomic E-state index is 0.00929. The second kappa shape index (κ2) is 7.13. The predicted octanol–water partition coefficient (Wildman–Crippen LogP) is 4.18. The monoisotopic (exact) mass is 317 g/mol. The molecule has 0 aliphatic heterocycles. The Labute approximate surface area is 135 Å². The Hall–Kier alpha value is -2.56. The first kappa shape index (κ1) is 16.8. The average molecular weight is 317 g/mol. The van der Waals surface area contributed by atoms with Crippen molar-refractivity contribution < 1.29 is 18.7 Å². The van der Waals surface area contributed by atoms with E-state index in [4.69, 9.17) is 9.47 Å². The van der Waals surface area contributed by atoms with E-state index in [-0.39, 0.29) is 11.8 Å². The van der Waals surface area contributed by atoms with Gasteiger partial charge in [0.15, 0.2) is 11.5 Å². The number of anilines is 1. The number of nitrogens with one attached hydrogen (secondary N) is 1. The Morgan fingerprint density at radius 2 is 1.87 bits per heavy atom. The van der Waals surface area contributed by atoms with Gasteiger partial charge in [0, 0.05) is 5.56 Å². The van der Waals surface area contributed by atoms with Gasteiger partial charge < -0.3 is 14.8 Å². The van der Waals surface area contributed by atoms with Crippen LogP contribution in [0.5, 0.6) is 11.5 Å². The van der Waals surface area contributed by atoms with E-state index in [1.165, 1.54) is 13.2 Å². The Bertz CT molecular complexity index is 713. The molecule has 0 radical (unpaired) electrons. The van der Waals surface area contributed by atoms with Gasteiger partial charge in [0.1, 0.15) is 5.82 Å². The third kappa shape index (κ3) is 4.22. The van der Waals surface area contributed by atoms with Crippen LogP contribution in [0.25, 0.3) is 0 Å². The maximum atomic E-state index is 13.7. The van der Waals surface area contributed by atoms with E-state index < -0.39 is 11.7 Å². The van der Waals surface area contributed by atoms with Crippen LogP contribution in [0.15, 0.2) is 36.4 Å². The normalized spacial score (nSPS) is 10.5. The number of aryl methyl sites for hydroxylation is 1. The first-order valence-electron chi connectivity index (χ1n) is 7.33. The summed E-state index contributed by atoms with van der Waals surface area (Å²) in [6, 6.07) is 9.41. The van der Waals surface area contributed by atoms with Gasteiger partial charge >= 0.3 is 0 Å². The quantitative estimate of drug-likeness (QED) is 0.900. The molecule has 2 aromatic rings. The van der Waals surface area contributed by atoms with E-state index in [1.54, 1.807) is 30.3 Å². The van der Waals surface area contributed by atoms with Crippen molar-refractivity contribution in [3.8, 4) is 11.5 Å². The van der Waals surface area contributed by atoms with Gasteiger partial charge in [0.2, 0.25) is 0 Å². The Kier molecular flexibility index (Phi) is 5.21. The van der Waals surface area contributed by atoms with Crippen molar-refractivity contribution >= 4 is 11.6 Å². The fraction of sp³-hybridized carbons (Fsp3) is 0.278. The molecule has 0 saturated heterocycles. The largest absolute Gasteiger partial charge is 0.493 e. The molecule has 0 atom stereocenters. The molecule has 23 heavy (non-hydrogen) atoms. The van der Waals surface area contributed by atoms with Crippen molar-refractivity contribution in [3.05, 3.63) is 53.3 Å². The third-order valence-corrected chi connectivity index (χ3v) is 3.16. The van der Waals surface area contributed by atoms with Gasteiger partial charge in [0.05, 0.1) is 18.9 Å². The molecule has 0 fully saturated rings. The number of benzene rings is 2. The molecule has 0 spiro atoms. The molecule has 122 valence electrons. The number of amides is 1. The van der Waals surface area contributed by atoms with Crippen molar-refractivity contribution in [1.82, 2.24) is 0 Å². The minimum Gasteiger partial charge on any atom is -0.493 e. The van der Waals surface area contributed by atoms with Crippen LogP contribution in [-0.2, 0) is 0 Å². The summed E-state index contributed by atoms with van der Waals surface area (Å²) in [6.07, 6.45) is -0.00929. The molecule has 2 aromatic carbocycles. The molecule has 0 aromatic heterocycles. The zero-order valence-corrected chi connectivity index (χ0v) is 13.6. The van der Waals surface area contributed by atoms with E-state index in [2.05, 4.69) is 5.32 Å². The predicted molar refractivity (Wildman–Crippen MR) is 87.8 cm³/mol. The van der Waals surface area contributed by atoms with Crippen LogP contribution in [0.3, 0.4) is 0 Å². The number of rotatable bonds is 5. The number of carbonyl (C=O) groups is 1. The molecular formula is C18H20FNO3. The van der Waals surface area contributed by atoms with Gasteiger partial charge in [-0.2, -0.15) is 0 Å². The molecule has 0 unspecified atom stereocenters. The van der Waals surface area contributed by atoms with Gasteiger partial charge in [-0.3, -0.25) is 4.79 Å². The topological polar surface area (TPSA) is 47.6 Å². The summed E-state index contributed by atoms with van der Waals surface area (Å²) in [5, 5.41) is 2.57. The summed E-state index contributed by atoms with van der Waals surface area (Å²) in [6.45, 7) is 5.64. The lowest BCUT2D eigenvalue weighted by atomic mass is 10.1. The first-order chi connectivity index (χ1) is 10.9. The molecule has 1 N–H and O–H groups in total. The van der Waals surface area contributed by atoms with E-state index in [0.29, 0.717) is 17.1 Å². The van der Waals surface area contributed by atoms with E-state index in [1.807, 2.05) is 20.8 Å². The summed E-state index contributed by atoms with van der Waals surface area (Å²) in [4.78, 5) is 12.3. The van der Waals surface area contributed by atoms with E-state index in [0.717, 1.165) is 5.56 Å². The number of halogens is 1. The molecular weight excluding hydrogens is 297 g/mol. The summed E-state index contributed by atoms with van der Waals surface area (Å²) in [5.74, 6) is 0.122. The SMILES string of the molecule is COc1cc(C(=O)Nc2cc(C)ccc2F)ccc1OC(C)C. The van der Waals surface area contributed by atoms with Crippen LogP contribution in [0.2, 0.25) is 0 Å². The number of hydrogen-bond donors (Lipinski definition) is 1. The number of methoxy groups -OCH3 is 1. The maximum Gasteiger partial charge on any atom is 0.255 e. The number of hydrogen-bond acceptors (Lipinski definition) is 3. The number of carbonyl (C=O) groups excluding carboxylic acids is 1. The lowest BCUT2D eigenvalue weighted by Gasteiger charge is -2.14. The highest BCUT2D eigenvalue weighted by Crippen LogP contribution is 2.29. The standard InChI is InChI=1S/C18H20FNO3/c1-11(2)23-16-8-6-13(10-17(16)22-4)18(21)20-15-9-12(3)5-7-14(15)19/h5-11H,1-4H3,(H,20,21). The van der Waals surface area contributed by atoms with Crippen molar-refractivity contribution in [2.75, 3.05) is 12.4 Å². The van der Waals surface area contributed by atoms with Gasteiger partial charge in [-0.1, -0.05) is 6.07 Å². The fourth-order valence-corrected chi connectivity index (χ4v) is 2.09. The maximum absolute atomic E-state index is 13.7. The van der Waals surface area contributed by atoms with Gasteiger partial charge in [0.25, 0.3) is 5.91 Å². The molecule has 0 saturated carbocycles. The van der Waals surface area contributed by atoms with Crippen LogP contribution in [-0.4, -0.2) is 19.1 Å². The average Bonchev–Trinajstić information content (AvgIpc) is 2.50. The van der Waals surface area contributed by atoms with E-state index >= 15 is 0 Å². The Morgan fingerprint density at radius 1 is 1.13 bits per heavy atom. The fourth-order valence-electron chi connectivity index (χ4n) is 2.09. The summed E-state index contributed by atoms with van der Waals surface area (Å²) >= 11 is 0. The van der Waals surface area contributed by atoms with Crippen LogP contribution >= 0.6 is 0 Å². The number of ether oxygens (including phenoxy) is 2. The third-order valence-electron chi connectivity index (χ3n) is 3.16. The summed E-state index contributed by atoms with van der Waals surface area (Å²) in [5.41, 5.74) is 1.37. The van der Waals surface area contributed by atoms with E-state index in [9.17, 15) is 9.18 Å². The molecule has 0 aliphatic carbocycles. The second-order valence-corrected chi connectivity index (χ2v) is 5.47. The van der Waals surface area contributed by atoms with Crippen molar-refractivity contribution in [3.63, 3.8) is 0 Å². The highest BCUT2D eigenvalue weighted by atomic mass is 19.1. The Balaban J connectivity index is 2.24. The highest BCUT2D eigenvalue weighted by Gasteiger charge is 2.14. The van der Waals surface area contributed by atoms with Crippen LogP contribution in [0.4, 0.5) is 10.1 Å². The Morgan fingerprint density at radius 3 is 2.52 bits per heavy atom. The summed E-state index contributed by atoms with van der Waals surface area (Å²) < 4.78 is 24.6. The first-order valence-corrected chi connectivity index (χ1v) is 7.33. The van der Waals surface area contributed by atoms with Gasteiger partial charge in [-0.05, 0) is 56.7 Å². The van der Waals surface area contributed by atoms with Crippen molar-refractivity contribution in [2.24, 2.45) is 0 Å². The molecule has 0 heterocycles.